The Hall–Kier alpha value is 0.210. The van der Waals surface area contributed by atoms with Crippen molar-refractivity contribution in [2.75, 3.05) is 32.7 Å². The molecule has 94 valence electrons. The summed E-state index contributed by atoms with van der Waals surface area (Å²) in [4.78, 5) is 2.70. The number of rotatable bonds is 2. The van der Waals surface area contributed by atoms with Crippen molar-refractivity contribution in [1.29, 1.82) is 0 Å². The Balaban J connectivity index is 0.000000963. The summed E-state index contributed by atoms with van der Waals surface area (Å²) in [5.74, 6) is 3.11. The smallest absolute Gasteiger partial charge is 0.00124 e. The molecule has 1 N–H and O–H groups in total. The number of nitrogens with one attached hydrogen (secondary N) is 1. The molecule has 16 heavy (non-hydrogen) atoms. The second kappa shape index (κ2) is 5.70. The molecule has 0 aromatic carbocycles. The molecule has 4 saturated heterocycles. The molecule has 4 aliphatic heterocycles. The predicted octanol–water partition coefficient (Wildman–Crippen LogP) is 2.14. The largest absolute Gasteiger partial charge is 0.316 e. The van der Waals surface area contributed by atoms with Crippen molar-refractivity contribution < 1.29 is 0 Å². The molecule has 4 fully saturated rings. The summed E-state index contributed by atoms with van der Waals surface area (Å²) in [5, 5.41) is 3.55. The number of hydrogen-bond acceptors (Lipinski definition) is 2. The zero-order chi connectivity index (χ0) is 10.1. The number of halogens is 1. The second-order valence-electron chi connectivity index (χ2n) is 5.85. The average Bonchev–Trinajstić information content (AvgIpc) is 2.32. The Labute approximate surface area is 106 Å². The zero-order valence-corrected chi connectivity index (χ0v) is 11.0. The van der Waals surface area contributed by atoms with Gasteiger partial charge in [0.1, 0.15) is 0 Å². The third-order valence-electron chi connectivity index (χ3n) is 4.83. The molecule has 3 heteroatoms. The van der Waals surface area contributed by atoms with Crippen molar-refractivity contribution in [3.8, 4) is 0 Å². The van der Waals surface area contributed by atoms with E-state index in [0.717, 1.165) is 17.8 Å². The van der Waals surface area contributed by atoms with Crippen LogP contribution in [0, 0.1) is 17.8 Å². The minimum absolute atomic E-state index is 0. The summed E-state index contributed by atoms with van der Waals surface area (Å²) in [6, 6.07) is 0. The van der Waals surface area contributed by atoms with Crippen LogP contribution in [0.3, 0.4) is 0 Å². The van der Waals surface area contributed by atoms with Crippen molar-refractivity contribution in [2.24, 2.45) is 17.8 Å². The molecule has 4 heterocycles. The van der Waals surface area contributed by atoms with Gasteiger partial charge in [-0.3, -0.25) is 0 Å². The van der Waals surface area contributed by atoms with Gasteiger partial charge >= 0.3 is 0 Å². The lowest BCUT2D eigenvalue weighted by molar-refractivity contribution is 0.0360. The van der Waals surface area contributed by atoms with Gasteiger partial charge in [-0.15, -0.1) is 12.4 Å². The highest BCUT2D eigenvalue weighted by Gasteiger charge is 2.35. The Morgan fingerprint density at radius 1 is 1.12 bits per heavy atom. The van der Waals surface area contributed by atoms with Crippen LogP contribution in [-0.4, -0.2) is 37.6 Å². The molecule has 2 bridgehead atoms. The van der Waals surface area contributed by atoms with Gasteiger partial charge in [-0.05, 0) is 76.0 Å². The SMILES string of the molecule is C1CNCC(CC2CN3CCC2CC3)C1.Cl. The molecule has 2 nitrogen and oxygen atoms in total. The first-order valence-corrected chi connectivity index (χ1v) is 6.85. The topological polar surface area (TPSA) is 15.3 Å². The van der Waals surface area contributed by atoms with Gasteiger partial charge in [-0.1, -0.05) is 0 Å². The van der Waals surface area contributed by atoms with E-state index in [1.54, 1.807) is 0 Å². The highest BCUT2D eigenvalue weighted by Crippen LogP contribution is 2.36. The molecule has 0 radical (unpaired) electrons. The van der Waals surface area contributed by atoms with Crippen molar-refractivity contribution in [2.45, 2.75) is 32.1 Å². The number of fused-ring (bicyclic) bond motifs is 3. The molecule has 4 rings (SSSR count). The van der Waals surface area contributed by atoms with E-state index in [4.69, 9.17) is 0 Å². The fourth-order valence-corrected chi connectivity index (χ4v) is 3.91. The minimum Gasteiger partial charge on any atom is -0.316 e. The number of piperidine rings is 4. The van der Waals surface area contributed by atoms with Crippen LogP contribution in [0.25, 0.3) is 0 Å². The van der Waals surface area contributed by atoms with Crippen LogP contribution in [0.5, 0.6) is 0 Å². The fraction of sp³-hybridized carbons (Fsp3) is 1.00. The highest BCUT2D eigenvalue weighted by molar-refractivity contribution is 5.85. The quantitative estimate of drug-likeness (QED) is 0.801. The Morgan fingerprint density at radius 3 is 2.50 bits per heavy atom. The van der Waals surface area contributed by atoms with Crippen molar-refractivity contribution >= 4 is 12.4 Å². The lowest BCUT2D eigenvalue weighted by atomic mass is 9.74. The first kappa shape index (κ1) is 12.7. The van der Waals surface area contributed by atoms with Gasteiger partial charge < -0.3 is 10.2 Å². The highest BCUT2D eigenvalue weighted by atomic mass is 35.5. The van der Waals surface area contributed by atoms with Gasteiger partial charge in [0, 0.05) is 6.54 Å². The molecule has 0 aliphatic carbocycles. The average molecular weight is 245 g/mol. The van der Waals surface area contributed by atoms with E-state index in [1.807, 2.05) is 0 Å². The molecule has 2 atom stereocenters. The van der Waals surface area contributed by atoms with E-state index >= 15 is 0 Å². The zero-order valence-electron chi connectivity index (χ0n) is 10.2. The molecule has 0 amide bonds. The summed E-state index contributed by atoms with van der Waals surface area (Å²) in [7, 11) is 0. The molecular formula is C13H25ClN2. The van der Waals surface area contributed by atoms with Gasteiger partial charge in [0.25, 0.3) is 0 Å². The van der Waals surface area contributed by atoms with Gasteiger partial charge in [-0.2, -0.15) is 0 Å². The van der Waals surface area contributed by atoms with E-state index in [0.29, 0.717) is 0 Å². The fourth-order valence-electron chi connectivity index (χ4n) is 3.91. The third kappa shape index (κ3) is 2.72. The summed E-state index contributed by atoms with van der Waals surface area (Å²) < 4.78 is 0. The Bertz CT molecular complexity index is 208. The van der Waals surface area contributed by atoms with E-state index in [9.17, 15) is 0 Å². The molecular weight excluding hydrogens is 220 g/mol. The molecule has 2 unspecified atom stereocenters. The lowest BCUT2D eigenvalue weighted by Crippen LogP contribution is -2.48. The van der Waals surface area contributed by atoms with Gasteiger partial charge in [0.05, 0.1) is 0 Å². The predicted molar refractivity (Wildman–Crippen MR) is 70.1 cm³/mol. The van der Waals surface area contributed by atoms with Crippen molar-refractivity contribution in [3.63, 3.8) is 0 Å². The molecule has 0 spiro atoms. The maximum absolute atomic E-state index is 3.55. The molecule has 0 saturated carbocycles. The van der Waals surface area contributed by atoms with Crippen LogP contribution in [0.1, 0.15) is 32.1 Å². The van der Waals surface area contributed by atoms with Crippen LogP contribution < -0.4 is 5.32 Å². The van der Waals surface area contributed by atoms with Crippen molar-refractivity contribution in [1.82, 2.24) is 10.2 Å². The molecule has 4 aliphatic rings. The van der Waals surface area contributed by atoms with Gasteiger partial charge in [-0.25, -0.2) is 0 Å². The van der Waals surface area contributed by atoms with E-state index in [-0.39, 0.29) is 12.4 Å². The standard InChI is InChI=1S/C13H24N2.ClH/c1-2-11(9-14-5-1)8-13-10-15-6-3-12(13)4-7-15;/h11-14H,1-10H2;1H. The van der Waals surface area contributed by atoms with Gasteiger partial charge in [0.15, 0.2) is 0 Å². The number of nitrogens with zero attached hydrogens (tertiary/aromatic N) is 1. The summed E-state index contributed by atoms with van der Waals surface area (Å²) in [6.45, 7) is 6.76. The third-order valence-corrected chi connectivity index (χ3v) is 4.83. The summed E-state index contributed by atoms with van der Waals surface area (Å²) in [5.41, 5.74) is 0. The van der Waals surface area contributed by atoms with E-state index in [2.05, 4.69) is 10.2 Å². The first-order valence-electron chi connectivity index (χ1n) is 6.85. The molecule has 0 aromatic rings. The normalized spacial score (nSPS) is 42.8. The van der Waals surface area contributed by atoms with Crippen LogP contribution >= 0.6 is 12.4 Å². The monoisotopic (exact) mass is 244 g/mol. The summed E-state index contributed by atoms with van der Waals surface area (Å²) in [6.07, 6.45) is 7.38. The van der Waals surface area contributed by atoms with E-state index in [1.165, 1.54) is 64.8 Å². The lowest BCUT2D eigenvalue weighted by Gasteiger charge is -2.46. The van der Waals surface area contributed by atoms with Crippen molar-refractivity contribution in [3.05, 3.63) is 0 Å². The van der Waals surface area contributed by atoms with Gasteiger partial charge in [0.2, 0.25) is 0 Å². The Morgan fingerprint density at radius 2 is 1.94 bits per heavy atom. The summed E-state index contributed by atoms with van der Waals surface area (Å²) >= 11 is 0. The van der Waals surface area contributed by atoms with E-state index < -0.39 is 0 Å². The van der Waals surface area contributed by atoms with Crippen LogP contribution in [-0.2, 0) is 0 Å². The van der Waals surface area contributed by atoms with Crippen LogP contribution in [0.4, 0.5) is 0 Å². The number of hydrogen-bond donors (Lipinski definition) is 1. The van der Waals surface area contributed by atoms with Crippen LogP contribution in [0.2, 0.25) is 0 Å². The first-order chi connectivity index (χ1) is 7.42. The maximum Gasteiger partial charge on any atom is 0.00124 e. The molecule has 0 aromatic heterocycles. The second-order valence-corrected chi connectivity index (χ2v) is 5.85. The van der Waals surface area contributed by atoms with Crippen LogP contribution in [0.15, 0.2) is 0 Å². The Kier molecular flexibility index (Phi) is 4.51. The minimum atomic E-state index is 0. The maximum atomic E-state index is 3.55.